The zero-order chi connectivity index (χ0) is 18.1. The van der Waals surface area contributed by atoms with Gasteiger partial charge in [-0.15, -0.1) is 23.1 Å². The van der Waals surface area contributed by atoms with Crippen LogP contribution in [-0.2, 0) is 5.75 Å². The van der Waals surface area contributed by atoms with E-state index in [1.54, 1.807) is 47.6 Å². The van der Waals surface area contributed by atoms with Crippen LogP contribution in [0.25, 0.3) is 21.3 Å². The van der Waals surface area contributed by atoms with E-state index in [1.807, 2.05) is 13.0 Å². The molecule has 6 heteroatoms. The fourth-order valence-corrected chi connectivity index (χ4v) is 4.89. The number of benzene rings is 2. The van der Waals surface area contributed by atoms with Crippen LogP contribution in [0, 0.1) is 18.6 Å². The van der Waals surface area contributed by atoms with Crippen molar-refractivity contribution in [2.24, 2.45) is 0 Å². The molecular formula is C20H14F2N2S2. The first-order valence-corrected chi connectivity index (χ1v) is 9.79. The van der Waals surface area contributed by atoms with Crippen molar-refractivity contribution >= 4 is 33.3 Å². The summed E-state index contributed by atoms with van der Waals surface area (Å²) < 4.78 is 26.7. The largest absolute Gasteiger partial charge is 0.229 e. The number of thioether (sulfide) groups is 1. The van der Waals surface area contributed by atoms with Crippen LogP contribution in [0.3, 0.4) is 0 Å². The van der Waals surface area contributed by atoms with Crippen molar-refractivity contribution in [3.63, 3.8) is 0 Å². The number of hydrogen-bond donors (Lipinski definition) is 0. The van der Waals surface area contributed by atoms with Crippen LogP contribution in [0.2, 0.25) is 0 Å². The highest BCUT2D eigenvalue weighted by Crippen LogP contribution is 2.41. The molecule has 0 aliphatic heterocycles. The second kappa shape index (κ2) is 7.13. The predicted octanol–water partition coefficient (Wildman–Crippen LogP) is 6.24. The van der Waals surface area contributed by atoms with Crippen LogP contribution in [0.1, 0.15) is 10.4 Å². The topological polar surface area (TPSA) is 25.8 Å². The molecule has 0 amide bonds. The Morgan fingerprint density at radius 3 is 2.58 bits per heavy atom. The van der Waals surface area contributed by atoms with Gasteiger partial charge in [0.25, 0.3) is 0 Å². The van der Waals surface area contributed by atoms with Gasteiger partial charge in [-0.3, -0.25) is 0 Å². The second-order valence-electron chi connectivity index (χ2n) is 5.82. The normalized spacial score (nSPS) is 11.2. The van der Waals surface area contributed by atoms with E-state index in [0.717, 1.165) is 36.8 Å². The molecule has 4 aromatic rings. The SMILES string of the molecule is Cc1sc2ncnc(SCc3cccc(F)c3)c2c1-c1ccc(F)cc1. The summed E-state index contributed by atoms with van der Waals surface area (Å²) in [7, 11) is 0. The Morgan fingerprint density at radius 1 is 1.00 bits per heavy atom. The standard InChI is InChI=1S/C20H14F2N2S2/c1-12-17(14-5-7-15(21)8-6-14)18-19(23-11-24-20(18)26-12)25-10-13-3-2-4-16(22)9-13/h2-9,11H,10H2,1H3. The van der Waals surface area contributed by atoms with Crippen molar-refractivity contribution in [2.75, 3.05) is 0 Å². The fourth-order valence-electron chi connectivity index (χ4n) is 2.87. The predicted molar refractivity (Wildman–Crippen MR) is 104 cm³/mol. The first-order chi connectivity index (χ1) is 12.6. The lowest BCUT2D eigenvalue weighted by Gasteiger charge is -2.07. The van der Waals surface area contributed by atoms with Gasteiger partial charge in [0.15, 0.2) is 0 Å². The van der Waals surface area contributed by atoms with E-state index in [2.05, 4.69) is 9.97 Å². The number of hydrogen-bond acceptors (Lipinski definition) is 4. The average Bonchev–Trinajstić information content (AvgIpc) is 2.97. The summed E-state index contributed by atoms with van der Waals surface area (Å²) in [6, 6.07) is 13.0. The third kappa shape index (κ3) is 3.34. The lowest BCUT2D eigenvalue weighted by atomic mass is 10.0. The minimum atomic E-state index is -0.261. The van der Waals surface area contributed by atoms with Crippen LogP contribution in [0.5, 0.6) is 0 Å². The van der Waals surface area contributed by atoms with Crippen LogP contribution in [0.4, 0.5) is 8.78 Å². The molecule has 2 aromatic heterocycles. The monoisotopic (exact) mass is 384 g/mol. The number of nitrogens with zero attached hydrogens (tertiary/aromatic N) is 2. The molecule has 2 nitrogen and oxygen atoms in total. The van der Waals surface area contributed by atoms with Gasteiger partial charge < -0.3 is 0 Å². The molecule has 0 aliphatic rings. The van der Waals surface area contributed by atoms with E-state index in [1.165, 1.54) is 24.3 Å². The summed E-state index contributed by atoms with van der Waals surface area (Å²) in [5, 5.41) is 1.82. The molecule has 130 valence electrons. The third-order valence-electron chi connectivity index (χ3n) is 4.03. The van der Waals surface area contributed by atoms with Crippen molar-refractivity contribution in [1.29, 1.82) is 0 Å². The van der Waals surface area contributed by atoms with Gasteiger partial charge in [-0.25, -0.2) is 18.7 Å². The van der Waals surface area contributed by atoms with Gasteiger partial charge in [-0.05, 0) is 42.3 Å². The third-order valence-corrected chi connectivity index (χ3v) is 6.10. The second-order valence-corrected chi connectivity index (χ2v) is 7.98. The Kier molecular flexibility index (Phi) is 4.70. The molecule has 0 spiro atoms. The van der Waals surface area contributed by atoms with Gasteiger partial charge in [0.05, 0.1) is 5.39 Å². The minimum Gasteiger partial charge on any atom is -0.229 e. The molecule has 0 atom stereocenters. The lowest BCUT2D eigenvalue weighted by Crippen LogP contribution is -1.89. The van der Waals surface area contributed by atoms with Crippen molar-refractivity contribution in [2.45, 2.75) is 17.7 Å². The molecule has 2 heterocycles. The van der Waals surface area contributed by atoms with Crippen molar-refractivity contribution in [3.8, 4) is 11.1 Å². The van der Waals surface area contributed by atoms with Gasteiger partial charge in [0.1, 0.15) is 27.8 Å². The molecule has 26 heavy (non-hydrogen) atoms. The summed E-state index contributed by atoms with van der Waals surface area (Å²) in [6.07, 6.45) is 1.56. The molecule has 4 rings (SSSR count). The first kappa shape index (κ1) is 17.1. The van der Waals surface area contributed by atoms with Crippen LogP contribution in [-0.4, -0.2) is 9.97 Å². The molecule has 0 N–H and O–H groups in total. The number of fused-ring (bicyclic) bond motifs is 1. The Labute approximate surface area is 157 Å². The summed E-state index contributed by atoms with van der Waals surface area (Å²) in [5.74, 6) is 0.110. The number of aromatic nitrogens is 2. The van der Waals surface area contributed by atoms with E-state index >= 15 is 0 Å². The molecule has 0 unspecified atom stereocenters. The maximum atomic E-state index is 13.4. The van der Waals surface area contributed by atoms with Gasteiger partial charge >= 0.3 is 0 Å². The van der Waals surface area contributed by atoms with Crippen LogP contribution >= 0.6 is 23.1 Å². The summed E-state index contributed by atoms with van der Waals surface area (Å²) >= 11 is 3.15. The maximum Gasteiger partial charge on any atom is 0.128 e. The fraction of sp³-hybridized carbons (Fsp3) is 0.100. The zero-order valence-corrected chi connectivity index (χ0v) is 15.5. The molecule has 0 radical (unpaired) electrons. The highest BCUT2D eigenvalue weighted by molar-refractivity contribution is 7.98. The van der Waals surface area contributed by atoms with E-state index in [4.69, 9.17) is 0 Å². The molecule has 2 aromatic carbocycles. The average molecular weight is 384 g/mol. The molecule has 0 saturated heterocycles. The van der Waals surface area contributed by atoms with E-state index < -0.39 is 0 Å². The summed E-state index contributed by atoms with van der Waals surface area (Å²) in [6.45, 7) is 2.03. The number of halogens is 2. The Balaban J connectivity index is 1.76. The van der Waals surface area contributed by atoms with Gasteiger partial charge in [-0.2, -0.15) is 0 Å². The highest BCUT2D eigenvalue weighted by Gasteiger charge is 2.17. The van der Waals surface area contributed by atoms with Crippen molar-refractivity contribution in [1.82, 2.24) is 9.97 Å². The first-order valence-electron chi connectivity index (χ1n) is 7.99. The van der Waals surface area contributed by atoms with E-state index in [0.29, 0.717) is 5.75 Å². The Morgan fingerprint density at radius 2 is 1.81 bits per heavy atom. The summed E-state index contributed by atoms with van der Waals surface area (Å²) in [5.41, 5.74) is 2.88. The number of aryl methyl sites for hydroxylation is 1. The molecule has 0 saturated carbocycles. The van der Waals surface area contributed by atoms with E-state index in [9.17, 15) is 8.78 Å². The highest BCUT2D eigenvalue weighted by atomic mass is 32.2. The summed E-state index contributed by atoms with van der Waals surface area (Å²) in [4.78, 5) is 10.9. The van der Waals surface area contributed by atoms with Crippen LogP contribution < -0.4 is 0 Å². The smallest absolute Gasteiger partial charge is 0.128 e. The van der Waals surface area contributed by atoms with Gasteiger partial charge in [-0.1, -0.05) is 24.3 Å². The molecule has 0 bridgehead atoms. The molecule has 0 aliphatic carbocycles. The lowest BCUT2D eigenvalue weighted by molar-refractivity contribution is 0.626. The quantitative estimate of drug-likeness (QED) is 0.308. The zero-order valence-electron chi connectivity index (χ0n) is 13.9. The van der Waals surface area contributed by atoms with Crippen LogP contribution in [0.15, 0.2) is 59.9 Å². The Hall–Kier alpha value is -2.31. The number of thiophene rings is 1. The van der Waals surface area contributed by atoms with Gasteiger partial charge in [0, 0.05) is 16.2 Å². The van der Waals surface area contributed by atoms with E-state index in [-0.39, 0.29) is 11.6 Å². The molecule has 0 fully saturated rings. The van der Waals surface area contributed by atoms with Crippen molar-refractivity contribution in [3.05, 3.63) is 76.9 Å². The minimum absolute atomic E-state index is 0.241. The molecular weight excluding hydrogens is 370 g/mol. The maximum absolute atomic E-state index is 13.4. The number of rotatable bonds is 4. The van der Waals surface area contributed by atoms with Gasteiger partial charge in [0.2, 0.25) is 0 Å². The Bertz CT molecular complexity index is 1080. The van der Waals surface area contributed by atoms with Crippen molar-refractivity contribution < 1.29 is 8.78 Å².